The Bertz CT molecular complexity index is 842. The third kappa shape index (κ3) is 3.91. The Morgan fingerprint density at radius 3 is 2.15 bits per heavy atom. The summed E-state index contributed by atoms with van der Waals surface area (Å²) in [4.78, 5) is 13.0. The fraction of sp³-hybridized carbons (Fsp3) is 0.250. The molecule has 0 saturated carbocycles. The standard InChI is InChI=1S/C20H23NO5/c1-12(8-13-6-7-17(24-3)16(21)9-13)19(22)15-10-14(23-2)11-18(25-4)20(15)26-5/h6-11H,21H2,1-5H3. The van der Waals surface area contributed by atoms with Gasteiger partial charge in [-0.05, 0) is 42.3 Å². The first-order valence-corrected chi connectivity index (χ1v) is 7.91. The predicted molar refractivity (Wildman–Crippen MR) is 101 cm³/mol. The van der Waals surface area contributed by atoms with Crippen LogP contribution in [-0.2, 0) is 0 Å². The largest absolute Gasteiger partial charge is 0.497 e. The van der Waals surface area contributed by atoms with E-state index in [-0.39, 0.29) is 5.78 Å². The van der Waals surface area contributed by atoms with E-state index >= 15 is 0 Å². The van der Waals surface area contributed by atoms with Crippen molar-refractivity contribution in [3.05, 3.63) is 47.0 Å². The molecule has 0 bridgehead atoms. The highest BCUT2D eigenvalue weighted by Crippen LogP contribution is 2.37. The summed E-state index contributed by atoms with van der Waals surface area (Å²) in [6, 6.07) is 8.63. The minimum Gasteiger partial charge on any atom is -0.497 e. The van der Waals surface area contributed by atoms with Crippen molar-refractivity contribution in [2.45, 2.75) is 6.92 Å². The molecule has 0 unspecified atom stereocenters. The number of nitrogens with two attached hydrogens (primary N) is 1. The summed E-state index contributed by atoms with van der Waals surface area (Å²) in [7, 11) is 6.08. The molecule has 2 aromatic carbocycles. The summed E-state index contributed by atoms with van der Waals surface area (Å²) in [6.07, 6.45) is 1.75. The van der Waals surface area contributed by atoms with E-state index in [2.05, 4.69) is 0 Å². The first-order valence-electron chi connectivity index (χ1n) is 7.91. The Balaban J connectivity index is 2.45. The summed E-state index contributed by atoms with van der Waals surface area (Å²) in [6.45, 7) is 1.73. The smallest absolute Gasteiger partial charge is 0.192 e. The van der Waals surface area contributed by atoms with Crippen molar-refractivity contribution in [3.8, 4) is 23.0 Å². The second kappa shape index (κ2) is 8.29. The predicted octanol–water partition coefficient (Wildman–Crippen LogP) is 3.59. The molecule has 0 aliphatic heterocycles. The molecule has 138 valence electrons. The number of ketones is 1. The molecule has 0 aliphatic carbocycles. The third-order valence-electron chi connectivity index (χ3n) is 3.93. The van der Waals surface area contributed by atoms with Gasteiger partial charge >= 0.3 is 0 Å². The van der Waals surface area contributed by atoms with Gasteiger partial charge in [-0.1, -0.05) is 6.07 Å². The average molecular weight is 357 g/mol. The van der Waals surface area contributed by atoms with E-state index in [0.29, 0.717) is 39.8 Å². The number of rotatable bonds is 7. The van der Waals surface area contributed by atoms with Gasteiger partial charge in [0.15, 0.2) is 17.3 Å². The second-order valence-corrected chi connectivity index (χ2v) is 5.57. The lowest BCUT2D eigenvalue weighted by Gasteiger charge is -2.14. The number of allylic oxidation sites excluding steroid dienone is 1. The van der Waals surface area contributed by atoms with Crippen molar-refractivity contribution in [1.29, 1.82) is 0 Å². The molecule has 0 spiro atoms. The molecule has 0 fully saturated rings. The Morgan fingerprint density at radius 2 is 1.62 bits per heavy atom. The summed E-state index contributed by atoms with van der Waals surface area (Å²) in [5.74, 6) is 1.68. The quantitative estimate of drug-likeness (QED) is 0.463. The van der Waals surface area contributed by atoms with Crippen molar-refractivity contribution < 1.29 is 23.7 Å². The number of carbonyl (C=O) groups excluding carboxylic acids is 1. The molecular formula is C20H23NO5. The minimum absolute atomic E-state index is 0.201. The number of ether oxygens (including phenoxy) is 4. The molecule has 0 amide bonds. The van der Waals surface area contributed by atoms with Gasteiger partial charge in [0.25, 0.3) is 0 Å². The molecule has 0 aliphatic rings. The van der Waals surface area contributed by atoms with Crippen LogP contribution in [0.2, 0.25) is 0 Å². The van der Waals surface area contributed by atoms with Crippen LogP contribution in [0.15, 0.2) is 35.9 Å². The van der Waals surface area contributed by atoms with Crippen LogP contribution in [0.1, 0.15) is 22.8 Å². The minimum atomic E-state index is -0.201. The van der Waals surface area contributed by atoms with E-state index in [4.69, 9.17) is 24.7 Å². The number of anilines is 1. The maximum absolute atomic E-state index is 13.0. The molecule has 0 atom stereocenters. The van der Waals surface area contributed by atoms with Gasteiger partial charge in [-0.15, -0.1) is 0 Å². The molecule has 0 heterocycles. The van der Waals surface area contributed by atoms with Crippen LogP contribution in [0, 0.1) is 0 Å². The molecule has 26 heavy (non-hydrogen) atoms. The second-order valence-electron chi connectivity index (χ2n) is 5.57. The molecule has 0 saturated heterocycles. The van der Waals surface area contributed by atoms with Gasteiger partial charge in [0.2, 0.25) is 0 Å². The van der Waals surface area contributed by atoms with Gasteiger partial charge in [-0.3, -0.25) is 4.79 Å². The zero-order valence-corrected chi connectivity index (χ0v) is 15.6. The molecule has 6 nitrogen and oxygen atoms in total. The maximum atomic E-state index is 13.0. The maximum Gasteiger partial charge on any atom is 0.192 e. The zero-order valence-electron chi connectivity index (χ0n) is 15.6. The number of benzene rings is 2. The number of methoxy groups -OCH3 is 4. The van der Waals surface area contributed by atoms with Crippen LogP contribution in [-0.4, -0.2) is 34.2 Å². The first kappa shape index (κ1) is 19.2. The van der Waals surface area contributed by atoms with Gasteiger partial charge in [-0.2, -0.15) is 0 Å². The van der Waals surface area contributed by atoms with E-state index in [1.54, 1.807) is 44.4 Å². The van der Waals surface area contributed by atoms with E-state index in [1.807, 2.05) is 6.07 Å². The lowest BCUT2D eigenvalue weighted by atomic mass is 10.0. The third-order valence-corrected chi connectivity index (χ3v) is 3.93. The number of Topliss-reactive ketones (excluding diaryl/α,β-unsaturated/α-hetero) is 1. The SMILES string of the molecule is COc1cc(OC)c(OC)c(C(=O)C(C)=Cc2ccc(OC)c(N)c2)c1. The lowest BCUT2D eigenvalue weighted by Crippen LogP contribution is -2.06. The van der Waals surface area contributed by atoms with Gasteiger partial charge in [0, 0.05) is 6.07 Å². The van der Waals surface area contributed by atoms with E-state index in [0.717, 1.165) is 5.56 Å². The highest BCUT2D eigenvalue weighted by Gasteiger charge is 2.20. The fourth-order valence-corrected chi connectivity index (χ4v) is 2.60. The monoisotopic (exact) mass is 357 g/mol. The molecule has 6 heteroatoms. The Hall–Kier alpha value is -3.15. The highest BCUT2D eigenvalue weighted by atomic mass is 16.5. The van der Waals surface area contributed by atoms with Gasteiger partial charge in [0.05, 0.1) is 39.7 Å². The van der Waals surface area contributed by atoms with Crippen molar-refractivity contribution in [1.82, 2.24) is 0 Å². The summed E-state index contributed by atoms with van der Waals surface area (Å²) in [5.41, 5.74) is 8.10. The molecule has 0 aromatic heterocycles. The summed E-state index contributed by atoms with van der Waals surface area (Å²) in [5, 5.41) is 0. The van der Waals surface area contributed by atoms with Crippen LogP contribution >= 0.6 is 0 Å². The Kier molecular flexibility index (Phi) is 6.11. The summed E-state index contributed by atoms with van der Waals surface area (Å²) >= 11 is 0. The molecule has 2 rings (SSSR count). The number of hydrogen-bond donors (Lipinski definition) is 1. The van der Waals surface area contributed by atoms with Crippen LogP contribution in [0.4, 0.5) is 5.69 Å². The molecule has 2 aromatic rings. The number of hydrogen-bond acceptors (Lipinski definition) is 6. The molecule has 0 radical (unpaired) electrons. The summed E-state index contributed by atoms with van der Waals surface area (Å²) < 4.78 is 21.1. The van der Waals surface area contributed by atoms with Crippen molar-refractivity contribution >= 4 is 17.5 Å². The Labute approximate surface area is 153 Å². The number of nitrogen functional groups attached to an aromatic ring is 1. The van der Waals surface area contributed by atoms with Crippen molar-refractivity contribution in [2.75, 3.05) is 34.2 Å². The van der Waals surface area contributed by atoms with E-state index in [1.165, 1.54) is 21.3 Å². The van der Waals surface area contributed by atoms with Crippen molar-refractivity contribution in [3.63, 3.8) is 0 Å². The zero-order chi connectivity index (χ0) is 19.3. The normalized spacial score (nSPS) is 11.0. The van der Waals surface area contributed by atoms with Crippen LogP contribution in [0.5, 0.6) is 23.0 Å². The van der Waals surface area contributed by atoms with Gasteiger partial charge in [0.1, 0.15) is 11.5 Å². The van der Waals surface area contributed by atoms with Crippen LogP contribution in [0.3, 0.4) is 0 Å². The van der Waals surface area contributed by atoms with Gasteiger partial charge < -0.3 is 24.7 Å². The average Bonchev–Trinajstić information content (AvgIpc) is 2.66. The molecule has 2 N–H and O–H groups in total. The number of carbonyl (C=O) groups is 1. The fourth-order valence-electron chi connectivity index (χ4n) is 2.60. The topological polar surface area (TPSA) is 80.0 Å². The first-order chi connectivity index (χ1) is 12.4. The van der Waals surface area contributed by atoms with Gasteiger partial charge in [-0.25, -0.2) is 0 Å². The highest BCUT2D eigenvalue weighted by molar-refractivity contribution is 6.13. The Morgan fingerprint density at radius 1 is 0.923 bits per heavy atom. The molecular weight excluding hydrogens is 334 g/mol. The van der Waals surface area contributed by atoms with E-state index < -0.39 is 0 Å². The van der Waals surface area contributed by atoms with Crippen LogP contribution < -0.4 is 24.7 Å². The lowest BCUT2D eigenvalue weighted by molar-refractivity contribution is 0.103. The van der Waals surface area contributed by atoms with E-state index in [9.17, 15) is 4.79 Å². The van der Waals surface area contributed by atoms with Crippen LogP contribution in [0.25, 0.3) is 6.08 Å². The van der Waals surface area contributed by atoms with Crippen molar-refractivity contribution in [2.24, 2.45) is 0 Å².